The minimum Gasteiger partial charge on any atom is -0.378 e. The Kier molecular flexibility index (Phi) is 2.69. The fraction of sp³-hybridized carbons (Fsp3) is 0.636. The Morgan fingerprint density at radius 1 is 1.38 bits per heavy atom. The van der Waals surface area contributed by atoms with Crippen LogP contribution < -0.4 is 0 Å². The summed E-state index contributed by atoms with van der Waals surface area (Å²) in [6.07, 6.45) is 7.11. The minimum absolute atomic E-state index is 0.488. The van der Waals surface area contributed by atoms with Crippen molar-refractivity contribution >= 4 is 0 Å². The van der Waals surface area contributed by atoms with Gasteiger partial charge in [-0.25, -0.2) is 0 Å². The van der Waals surface area contributed by atoms with Crippen molar-refractivity contribution in [3.8, 4) is 0 Å². The van der Waals surface area contributed by atoms with E-state index in [1.54, 1.807) is 0 Å². The molecule has 0 spiro atoms. The molecule has 0 aliphatic carbocycles. The molecule has 13 heavy (non-hydrogen) atoms. The Morgan fingerprint density at radius 2 is 2.15 bits per heavy atom. The number of aromatic nitrogens is 1. The van der Waals surface area contributed by atoms with Gasteiger partial charge in [0, 0.05) is 31.5 Å². The smallest absolute Gasteiger partial charge is 0.0618 e. The van der Waals surface area contributed by atoms with E-state index in [-0.39, 0.29) is 0 Å². The molecule has 0 saturated carbocycles. The highest BCUT2D eigenvalue weighted by molar-refractivity contribution is 4.91. The molecule has 1 fully saturated rings. The van der Waals surface area contributed by atoms with Gasteiger partial charge in [-0.15, -0.1) is 0 Å². The van der Waals surface area contributed by atoms with Crippen molar-refractivity contribution in [3.05, 3.63) is 24.5 Å². The molecular formula is C11H17NO. The Bertz CT molecular complexity index is 243. The first kappa shape index (κ1) is 8.82. The van der Waals surface area contributed by atoms with Crippen LogP contribution >= 0.6 is 0 Å². The molecule has 1 aliphatic rings. The summed E-state index contributed by atoms with van der Waals surface area (Å²) in [4.78, 5) is 0. The maximum absolute atomic E-state index is 5.65. The molecule has 1 aromatic heterocycles. The molecule has 1 saturated heterocycles. The largest absolute Gasteiger partial charge is 0.378 e. The average molecular weight is 179 g/mol. The normalized spacial score (nSPS) is 28.1. The van der Waals surface area contributed by atoms with Crippen molar-refractivity contribution < 1.29 is 4.74 Å². The van der Waals surface area contributed by atoms with E-state index in [9.17, 15) is 0 Å². The standard InChI is InChI=1S/C11H17NO/c1-2-11-10(5-8-13-11)9-12-6-3-4-7-12/h3-4,6-7,10-11H,2,5,8-9H2,1H3. The topological polar surface area (TPSA) is 14.2 Å². The second-order valence-electron chi connectivity index (χ2n) is 3.75. The van der Waals surface area contributed by atoms with Crippen LogP contribution in [0, 0.1) is 5.92 Å². The van der Waals surface area contributed by atoms with E-state index in [4.69, 9.17) is 4.74 Å². The lowest BCUT2D eigenvalue weighted by atomic mass is 10.00. The molecule has 0 bridgehead atoms. The molecule has 1 aliphatic heterocycles. The third kappa shape index (κ3) is 1.94. The van der Waals surface area contributed by atoms with Gasteiger partial charge in [0.1, 0.15) is 0 Å². The summed E-state index contributed by atoms with van der Waals surface area (Å²) >= 11 is 0. The SMILES string of the molecule is CCC1OCCC1Cn1cccc1. The summed E-state index contributed by atoms with van der Waals surface area (Å²) in [6, 6.07) is 4.16. The monoisotopic (exact) mass is 179 g/mol. The fourth-order valence-electron chi connectivity index (χ4n) is 2.12. The number of hydrogen-bond donors (Lipinski definition) is 0. The Balaban J connectivity index is 1.94. The Labute approximate surface area is 79.5 Å². The van der Waals surface area contributed by atoms with E-state index in [1.165, 1.54) is 6.42 Å². The van der Waals surface area contributed by atoms with Crippen LogP contribution in [-0.2, 0) is 11.3 Å². The van der Waals surface area contributed by atoms with E-state index >= 15 is 0 Å². The number of ether oxygens (including phenoxy) is 1. The maximum Gasteiger partial charge on any atom is 0.0618 e. The van der Waals surface area contributed by atoms with Gasteiger partial charge in [-0.3, -0.25) is 0 Å². The van der Waals surface area contributed by atoms with Gasteiger partial charge in [0.25, 0.3) is 0 Å². The van der Waals surface area contributed by atoms with Crippen LogP contribution in [0.2, 0.25) is 0 Å². The van der Waals surface area contributed by atoms with Crippen molar-refractivity contribution in [2.45, 2.75) is 32.4 Å². The second kappa shape index (κ2) is 3.97. The third-order valence-corrected chi connectivity index (χ3v) is 2.86. The van der Waals surface area contributed by atoms with E-state index in [0.29, 0.717) is 6.10 Å². The molecular weight excluding hydrogens is 162 g/mol. The van der Waals surface area contributed by atoms with Gasteiger partial charge in [0.15, 0.2) is 0 Å². The van der Waals surface area contributed by atoms with Crippen LogP contribution in [0.4, 0.5) is 0 Å². The lowest BCUT2D eigenvalue weighted by Crippen LogP contribution is -2.19. The number of rotatable bonds is 3. The summed E-state index contributed by atoms with van der Waals surface area (Å²) in [7, 11) is 0. The summed E-state index contributed by atoms with van der Waals surface area (Å²) < 4.78 is 7.90. The van der Waals surface area contributed by atoms with Gasteiger partial charge in [0.05, 0.1) is 6.10 Å². The molecule has 1 aromatic rings. The van der Waals surface area contributed by atoms with E-state index < -0.39 is 0 Å². The van der Waals surface area contributed by atoms with Crippen LogP contribution in [0.25, 0.3) is 0 Å². The highest BCUT2D eigenvalue weighted by atomic mass is 16.5. The molecule has 2 atom stereocenters. The highest BCUT2D eigenvalue weighted by Crippen LogP contribution is 2.24. The highest BCUT2D eigenvalue weighted by Gasteiger charge is 2.26. The van der Waals surface area contributed by atoms with E-state index in [1.807, 2.05) is 0 Å². The number of nitrogens with zero attached hydrogens (tertiary/aromatic N) is 1. The third-order valence-electron chi connectivity index (χ3n) is 2.86. The first-order valence-electron chi connectivity index (χ1n) is 5.12. The molecule has 2 heteroatoms. The van der Waals surface area contributed by atoms with Crippen molar-refractivity contribution in [1.29, 1.82) is 0 Å². The van der Waals surface area contributed by atoms with Crippen LogP contribution in [0.3, 0.4) is 0 Å². The molecule has 0 aromatic carbocycles. The lowest BCUT2D eigenvalue weighted by molar-refractivity contribution is 0.0835. The van der Waals surface area contributed by atoms with Gasteiger partial charge in [-0.1, -0.05) is 6.92 Å². The maximum atomic E-state index is 5.65. The van der Waals surface area contributed by atoms with Gasteiger partial charge >= 0.3 is 0 Å². The summed E-state index contributed by atoms with van der Waals surface area (Å²) in [6.45, 7) is 4.27. The zero-order valence-electron chi connectivity index (χ0n) is 8.15. The van der Waals surface area contributed by atoms with Crippen molar-refractivity contribution in [2.24, 2.45) is 5.92 Å². The van der Waals surface area contributed by atoms with Crippen LogP contribution in [0.15, 0.2) is 24.5 Å². The summed E-state index contributed by atoms with van der Waals surface area (Å²) in [5.41, 5.74) is 0. The molecule has 2 unspecified atom stereocenters. The zero-order valence-corrected chi connectivity index (χ0v) is 8.15. The Morgan fingerprint density at radius 3 is 2.85 bits per heavy atom. The van der Waals surface area contributed by atoms with Gasteiger partial charge in [-0.2, -0.15) is 0 Å². The van der Waals surface area contributed by atoms with Crippen molar-refractivity contribution in [3.63, 3.8) is 0 Å². The van der Waals surface area contributed by atoms with Gasteiger partial charge in [-0.05, 0) is 25.0 Å². The minimum atomic E-state index is 0.488. The molecule has 72 valence electrons. The van der Waals surface area contributed by atoms with Crippen LogP contribution in [0.5, 0.6) is 0 Å². The summed E-state index contributed by atoms with van der Waals surface area (Å²) in [5, 5.41) is 0. The van der Waals surface area contributed by atoms with Crippen LogP contribution in [-0.4, -0.2) is 17.3 Å². The molecule has 2 heterocycles. The Hall–Kier alpha value is -0.760. The van der Waals surface area contributed by atoms with Crippen molar-refractivity contribution in [1.82, 2.24) is 4.57 Å². The quantitative estimate of drug-likeness (QED) is 0.694. The second-order valence-corrected chi connectivity index (χ2v) is 3.75. The molecule has 0 N–H and O–H groups in total. The zero-order chi connectivity index (χ0) is 9.10. The molecule has 0 radical (unpaired) electrons. The van der Waals surface area contributed by atoms with Gasteiger partial charge in [0.2, 0.25) is 0 Å². The van der Waals surface area contributed by atoms with Crippen molar-refractivity contribution in [2.75, 3.05) is 6.61 Å². The van der Waals surface area contributed by atoms with Gasteiger partial charge < -0.3 is 9.30 Å². The molecule has 2 nitrogen and oxygen atoms in total. The van der Waals surface area contributed by atoms with E-state index in [0.717, 1.165) is 25.5 Å². The fourth-order valence-corrected chi connectivity index (χ4v) is 2.12. The molecule has 2 rings (SSSR count). The van der Waals surface area contributed by atoms with Crippen LogP contribution in [0.1, 0.15) is 19.8 Å². The predicted octanol–water partition coefficient (Wildman–Crippen LogP) is 2.30. The predicted molar refractivity (Wildman–Crippen MR) is 52.6 cm³/mol. The lowest BCUT2D eigenvalue weighted by Gasteiger charge is -2.17. The first-order valence-corrected chi connectivity index (χ1v) is 5.12. The average Bonchev–Trinajstić information content (AvgIpc) is 2.76. The van der Waals surface area contributed by atoms with E-state index in [2.05, 4.69) is 36.0 Å². The summed E-state index contributed by atoms with van der Waals surface area (Å²) in [5.74, 6) is 0.720. The first-order chi connectivity index (χ1) is 6.40. The molecule has 0 amide bonds. The number of hydrogen-bond acceptors (Lipinski definition) is 1.